The van der Waals surface area contributed by atoms with E-state index in [-0.39, 0.29) is 24.3 Å². The van der Waals surface area contributed by atoms with Gasteiger partial charge in [0.25, 0.3) is 5.91 Å². The third-order valence-corrected chi connectivity index (χ3v) is 6.06. The number of rotatable bonds is 7. The smallest absolute Gasteiger partial charge is 0.285 e. The van der Waals surface area contributed by atoms with Crippen LogP contribution in [0.25, 0.3) is 11.1 Å². The van der Waals surface area contributed by atoms with Gasteiger partial charge < -0.3 is 19.9 Å². The summed E-state index contributed by atoms with van der Waals surface area (Å²) < 4.78 is 11.8. The molecule has 4 rings (SSSR count). The first kappa shape index (κ1) is 20.6. The maximum absolute atomic E-state index is 12.4. The van der Waals surface area contributed by atoms with E-state index in [0.29, 0.717) is 18.8 Å². The summed E-state index contributed by atoms with van der Waals surface area (Å²) in [4.78, 5) is 12.4. The summed E-state index contributed by atoms with van der Waals surface area (Å²) in [7, 11) is 1.60. The Bertz CT molecular complexity index is 952. The molecule has 2 aliphatic rings. The lowest BCUT2D eigenvalue weighted by Gasteiger charge is -2.37. The van der Waals surface area contributed by atoms with Crippen molar-refractivity contribution in [1.29, 1.82) is 0 Å². The molecule has 2 N–H and O–H groups in total. The van der Waals surface area contributed by atoms with Crippen LogP contribution in [-0.2, 0) is 20.7 Å². The van der Waals surface area contributed by atoms with Crippen LogP contribution >= 0.6 is 0 Å². The molecule has 0 saturated carbocycles. The molecule has 0 spiro atoms. The third kappa shape index (κ3) is 3.87. The summed E-state index contributed by atoms with van der Waals surface area (Å²) in [6, 6.07) is 15.1. The van der Waals surface area contributed by atoms with E-state index < -0.39 is 6.29 Å². The van der Waals surface area contributed by atoms with Crippen molar-refractivity contribution >= 4 is 5.91 Å². The van der Waals surface area contributed by atoms with Crippen LogP contribution in [0.5, 0.6) is 0 Å². The van der Waals surface area contributed by atoms with E-state index in [0.717, 1.165) is 18.4 Å². The number of nitrogens with one attached hydrogen (secondary N) is 1. The Kier molecular flexibility index (Phi) is 6.21. The molecule has 30 heavy (non-hydrogen) atoms. The maximum atomic E-state index is 12.4. The molecule has 1 aliphatic heterocycles. The average molecular weight is 408 g/mol. The molecule has 5 nitrogen and oxygen atoms in total. The van der Waals surface area contributed by atoms with Crippen molar-refractivity contribution in [3.05, 3.63) is 71.0 Å². The van der Waals surface area contributed by atoms with Crippen LogP contribution in [0, 0.1) is 5.92 Å². The number of benzene rings is 2. The van der Waals surface area contributed by atoms with Gasteiger partial charge in [0, 0.05) is 32.1 Å². The Morgan fingerprint density at radius 3 is 2.77 bits per heavy atom. The number of aliphatic hydroxyl groups is 1. The maximum Gasteiger partial charge on any atom is 0.285 e. The van der Waals surface area contributed by atoms with E-state index in [1.54, 1.807) is 7.05 Å². The second-order valence-electron chi connectivity index (χ2n) is 7.86. The molecule has 2 aromatic rings. The molecule has 3 atom stereocenters. The highest BCUT2D eigenvalue weighted by atomic mass is 16.7. The standard InChI is InChI=1S/C25H29NO4/c1-3-29-25-21(9-6-12-27)22(15-23(30-25)24(28)26-2)17-10-11-20-18(14-17)13-16-7-4-5-8-19(16)20/h4-5,7-8,10-11,14-15,21-22,25,27H,3,6,9,12-13H2,1-2H3,(H,26,28)/t21-,22+,25+/m1/s1. The fourth-order valence-corrected chi connectivity index (χ4v) is 4.64. The van der Waals surface area contributed by atoms with Crippen molar-refractivity contribution < 1.29 is 19.4 Å². The number of likely N-dealkylation sites (N-methyl/N-ethyl adjacent to an activating group) is 1. The van der Waals surface area contributed by atoms with Crippen molar-refractivity contribution in [2.75, 3.05) is 20.3 Å². The zero-order chi connectivity index (χ0) is 21.1. The quantitative estimate of drug-likeness (QED) is 0.626. The molecule has 0 aromatic heterocycles. The first-order chi connectivity index (χ1) is 14.7. The Morgan fingerprint density at radius 1 is 1.20 bits per heavy atom. The highest BCUT2D eigenvalue weighted by Gasteiger charge is 2.38. The van der Waals surface area contributed by atoms with Crippen molar-refractivity contribution in [2.24, 2.45) is 5.92 Å². The molecule has 1 aliphatic carbocycles. The highest BCUT2D eigenvalue weighted by Crippen LogP contribution is 2.43. The fourth-order valence-electron chi connectivity index (χ4n) is 4.64. The lowest BCUT2D eigenvalue weighted by atomic mass is 9.80. The molecular formula is C25H29NO4. The van der Waals surface area contributed by atoms with Gasteiger partial charge in [-0.3, -0.25) is 4.79 Å². The Labute approximate surface area is 177 Å². The van der Waals surface area contributed by atoms with Gasteiger partial charge in [-0.1, -0.05) is 42.5 Å². The van der Waals surface area contributed by atoms with Gasteiger partial charge in [0.2, 0.25) is 6.29 Å². The molecule has 0 saturated heterocycles. The molecule has 0 radical (unpaired) electrons. The van der Waals surface area contributed by atoms with Crippen molar-refractivity contribution in [3.8, 4) is 11.1 Å². The van der Waals surface area contributed by atoms with Gasteiger partial charge in [-0.05, 0) is 60.1 Å². The second-order valence-corrected chi connectivity index (χ2v) is 7.86. The second kappa shape index (κ2) is 9.02. The van der Waals surface area contributed by atoms with Gasteiger partial charge >= 0.3 is 0 Å². The zero-order valence-electron chi connectivity index (χ0n) is 17.6. The van der Waals surface area contributed by atoms with Crippen molar-refractivity contribution in [3.63, 3.8) is 0 Å². The number of amides is 1. The van der Waals surface area contributed by atoms with E-state index in [4.69, 9.17) is 9.47 Å². The van der Waals surface area contributed by atoms with Crippen molar-refractivity contribution in [2.45, 2.75) is 38.4 Å². The summed E-state index contributed by atoms with van der Waals surface area (Å²) in [5.74, 6) is 0.0411. The van der Waals surface area contributed by atoms with Gasteiger partial charge in [0.05, 0.1) is 0 Å². The molecule has 0 unspecified atom stereocenters. The van der Waals surface area contributed by atoms with Crippen LogP contribution in [0.2, 0.25) is 0 Å². The number of carbonyl (C=O) groups excluding carboxylic acids is 1. The number of hydrogen-bond donors (Lipinski definition) is 2. The first-order valence-electron chi connectivity index (χ1n) is 10.7. The van der Waals surface area contributed by atoms with E-state index in [1.807, 2.05) is 13.0 Å². The molecule has 0 fully saturated rings. The van der Waals surface area contributed by atoms with E-state index in [9.17, 15) is 9.90 Å². The molecule has 158 valence electrons. The number of hydrogen-bond acceptors (Lipinski definition) is 4. The topological polar surface area (TPSA) is 67.8 Å². The van der Waals surface area contributed by atoms with Gasteiger partial charge in [0.15, 0.2) is 5.76 Å². The summed E-state index contributed by atoms with van der Waals surface area (Å²) in [5.41, 5.74) is 6.40. The predicted octanol–water partition coefficient (Wildman–Crippen LogP) is 3.75. The normalized spacial score (nSPS) is 22.0. The van der Waals surface area contributed by atoms with Gasteiger partial charge in [-0.2, -0.15) is 0 Å². The van der Waals surface area contributed by atoms with Gasteiger partial charge in [-0.25, -0.2) is 0 Å². The number of allylic oxidation sites excluding steroid dienone is 1. The molecule has 5 heteroatoms. The van der Waals surface area contributed by atoms with E-state index >= 15 is 0 Å². The van der Waals surface area contributed by atoms with Crippen LogP contribution in [0.1, 0.15) is 42.4 Å². The number of carbonyl (C=O) groups is 1. The molecular weight excluding hydrogens is 378 g/mol. The molecule has 2 aromatic carbocycles. The minimum absolute atomic E-state index is 0.0207. The monoisotopic (exact) mass is 407 g/mol. The van der Waals surface area contributed by atoms with Gasteiger partial charge in [0.1, 0.15) is 0 Å². The summed E-state index contributed by atoms with van der Waals surface area (Å²) in [5, 5.41) is 12.1. The fraction of sp³-hybridized carbons (Fsp3) is 0.400. The summed E-state index contributed by atoms with van der Waals surface area (Å²) in [6.45, 7) is 2.53. The molecule has 1 heterocycles. The average Bonchev–Trinajstić information content (AvgIpc) is 3.15. The first-order valence-corrected chi connectivity index (χ1v) is 10.7. The highest BCUT2D eigenvalue weighted by molar-refractivity contribution is 5.91. The SMILES string of the molecule is CCO[C@H]1OC(C(=O)NC)=C[C@@H](c2ccc3c(c2)Cc2ccccc2-3)[C@H]1CCCO. The Balaban J connectivity index is 1.73. The predicted molar refractivity (Wildman–Crippen MR) is 116 cm³/mol. The molecule has 0 bridgehead atoms. The Hall–Kier alpha value is -2.63. The lowest BCUT2D eigenvalue weighted by molar-refractivity contribution is -0.166. The van der Waals surface area contributed by atoms with Crippen LogP contribution in [-0.4, -0.2) is 37.6 Å². The largest absolute Gasteiger partial charge is 0.459 e. The van der Waals surface area contributed by atoms with Crippen LogP contribution in [0.15, 0.2) is 54.3 Å². The summed E-state index contributed by atoms with van der Waals surface area (Å²) >= 11 is 0. The van der Waals surface area contributed by atoms with E-state index in [2.05, 4.69) is 47.8 Å². The lowest BCUT2D eigenvalue weighted by Crippen LogP contribution is -2.38. The van der Waals surface area contributed by atoms with Crippen LogP contribution in [0.4, 0.5) is 0 Å². The Morgan fingerprint density at radius 2 is 2.00 bits per heavy atom. The van der Waals surface area contributed by atoms with Crippen LogP contribution < -0.4 is 5.32 Å². The van der Waals surface area contributed by atoms with Crippen LogP contribution in [0.3, 0.4) is 0 Å². The summed E-state index contributed by atoms with van der Waals surface area (Å²) in [6.07, 6.45) is 3.73. The third-order valence-electron chi connectivity index (χ3n) is 6.06. The number of aliphatic hydroxyl groups excluding tert-OH is 1. The minimum Gasteiger partial charge on any atom is -0.459 e. The zero-order valence-corrected chi connectivity index (χ0v) is 17.6. The minimum atomic E-state index is -0.519. The van der Waals surface area contributed by atoms with E-state index in [1.165, 1.54) is 22.3 Å². The van der Waals surface area contributed by atoms with Gasteiger partial charge in [-0.15, -0.1) is 0 Å². The molecule has 1 amide bonds. The number of ether oxygens (including phenoxy) is 2. The van der Waals surface area contributed by atoms with Crippen molar-refractivity contribution in [1.82, 2.24) is 5.32 Å². The number of fused-ring (bicyclic) bond motifs is 3.